The van der Waals surface area contributed by atoms with E-state index in [9.17, 15) is 0 Å². The predicted octanol–water partition coefficient (Wildman–Crippen LogP) is 3.13. The minimum absolute atomic E-state index is 0.237. The number of hydrogen-bond donors (Lipinski definition) is 1. The average Bonchev–Trinajstić information content (AvgIpc) is 2.34. The summed E-state index contributed by atoms with van der Waals surface area (Å²) in [6.07, 6.45) is 1.47. The maximum absolute atomic E-state index is 8.65. The summed E-state index contributed by atoms with van der Waals surface area (Å²) >= 11 is 6.03. The summed E-state index contributed by atoms with van der Waals surface area (Å²) in [6.45, 7) is 2.78. The molecule has 0 spiro atoms. The number of hydrogen-bond acceptors (Lipinski definition) is 3. The van der Waals surface area contributed by atoms with Gasteiger partial charge >= 0.3 is 0 Å². The highest BCUT2D eigenvalue weighted by atomic mass is 35.5. The van der Waals surface area contributed by atoms with Crippen molar-refractivity contribution < 1.29 is 4.74 Å². The molecule has 0 radical (unpaired) electrons. The highest BCUT2D eigenvalue weighted by Gasteiger charge is 2.06. The van der Waals surface area contributed by atoms with Crippen molar-refractivity contribution in [3.05, 3.63) is 28.8 Å². The van der Waals surface area contributed by atoms with Gasteiger partial charge in [0.15, 0.2) is 0 Å². The van der Waals surface area contributed by atoms with E-state index in [0.29, 0.717) is 23.7 Å². The molecule has 0 aliphatic rings. The number of benzene rings is 1. The zero-order valence-corrected chi connectivity index (χ0v) is 10.9. The third-order valence-electron chi connectivity index (χ3n) is 2.64. The fourth-order valence-electron chi connectivity index (χ4n) is 1.55. The third-order valence-corrected chi connectivity index (χ3v) is 2.94. The number of nitriles is 1. The Morgan fingerprint density at radius 3 is 2.82 bits per heavy atom. The summed E-state index contributed by atoms with van der Waals surface area (Å²) < 4.78 is 5.09. The molecule has 1 atom stereocenters. The van der Waals surface area contributed by atoms with E-state index < -0.39 is 0 Å². The summed E-state index contributed by atoms with van der Waals surface area (Å²) in [4.78, 5) is 0. The van der Waals surface area contributed by atoms with E-state index in [0.717, 1.165) is 12.0 Å². The second kappa shape index (κ2) is 7.16. The Kier molecular flexibility index (Phi) is 5.82. The van der Waals surface area contributed by atoms with Crippen molar-refractivity contribution in [1.29, 1.82) is 5.26 Å². The predicted molar refractivity (Wildman–Crippen MR) is 69.2 cm³/mol. The molecule has 0 amide bonds. The lowest BCUT2D eigenvalue weighted by Gasteiger charge is -2.14. The number of nitrogens with zero attached hydrogens (tertiary/aromatic N) is 1. The highest BCUT2D eigenvalue weighted by molar-refractivity contribution is 6.32. The third kappa shape index (κ3) is 4.26. The Labute approximate surface area is 107 Å². The van der Waals surface area contributed by atoms with E-state index in [2.05, 4.69) is 18.3 Å². The molecule has 17 heavy (non-hydrogen) atoms. The van der Waals surface area contributed by atoms with E-state index >= 15 is 0 Å². The molecule has 0 fully saturated rings. The van der Waals surface area contributed by atoms with Gasteiger partial charge in [0, 0.05) is 12.6 Å². The van der Waals surface area contributed by atoms with Crippen LogP contribution in [0.3, 0.4) is 0 Å². The molecule has 0 bridgehead atoms. The molecule has 1 N–H and O–H groups in total. The summed E-state index contributed by atoms with van der Waals surface area (Å²) in [5.74, 6) is 0.680. The average molecular weight is 253 g/mol. The molecule has 1 unspecified atom stereocenters. The highest BCUT2D eigenvalue weighted by Crippen LogP contribution is 2.24. The maximum atomic E-state index is 8.65. The van der Waals surface area contributed by atoms with Gasteiger partial charge in [0.25, 0.3) is 0 Å². The van der Waals surface area contributed by atoms with Crippen LogP contribution < -0.4 is 10.1 Å². The topological polar surface area (TPSA) is 45.0 Å². The molecule has 1 aromatic rings. The van der Waals surface area contributed by atoms with Crippen LogP contribution in [0.25, 0.3) is 0 Å². The van der Waals surface area contributed by atoms with Crippen LogP contribution in [0.2, 0.25) is 5.02 Å². The van der Waals surface area contributed by atoms with Gasteiger partial charge in [-0.3, -0.25) is 0 Å². The number of rotatable bonds is 6. The number of halogens is 1. The Morgan fingerprint density at radius 2 is 2.29 bits per heavy atom. The van der Waals surface area contributed by atoms with Gasteiger partial charge in [-0.15, -0.1) is 0 Å². The minimum atomic E-state index is 0.237. The lowest BCUT2D eigenvalue weighted by molar-refractivity contribution is 0.414. The van der Waals surface area contributed by atoms with Gasteiger partial charge in [-0.2, -0.15) is 5.26 Å². The lowest BCUT2D eigenvalue weighted by Crippen LogP contribution is -2.27. The van der Waals surface area contributed by atoms with Crippen LogP contribution in [0.15, 0.2) is 18.2 Å². The van der Waals surface area contributed by atoms with E-state index in [4.69, 9.17) is 21.6 Å². The van der Waals surface area contributed by atoms with Gasteiger partial charge in [0.1, 0.15) is 5.75 Å². The summed E-state index contributed by atoms with van der Waals surface area (Å²) in [7, 11) is 1.60. The molecule has 0 saturated heterocycles. The molecule has 0 aliphatic heterocycles. The summed E-state index contributed by atoms with van der Waals surface area (Å²) in [6, 6.07) is 8.12. The van der Waals surface area contributed by atoms with Crippen LogP contribution in [-0.4, -0.2) is 13.2 Å². The first-order valence-corrected chi connectivity index (χ1v) is 6.01. The number of ether oxygens (including phenoxy) is 1. The Morgan fingerprint density at radius 1 is 1.53 bits per heavy atom. The summed E-state index contributed by atoms with van der Waals surface area (Å²) in [5.41, 5.74) is 1.09. The van der Waals surface area contributed by atoms with Gasteiger partial charge in [-0.1, -0.05) is 24.6 Å². The minimum Gasteiger partial charge on any atom is -0.495 e. The normalized spacial score (nSPS) is 11.9. The van der Waals surface area contributed by atoms with E-state index in [1.807, 2.05) is 18.2 Å². The molecule has 0 aromatic heterocycles. The van der Waals surface area contributed by atoms with E-state index in [1.54, 1.807) is 7.11 Å². The number of nitrogens with one attached hydrogen (secondary N) is 1. The SMILES string of the molecule is CCC(CC#N)NCc1ccc(OC)c(Cl)c1. The lowest BCUT2D eigenvalue weighted by atomic mass is 10.1. The van der Waals surface area contributed by atoms with Crippen LogP contribution in [0.5, 0.6) is 5.75 Å². The quantitative estimate of drug-likeness (QED) is 0.846. The zero-order valence-electron chi connectivity index (χ0n) is 10.2. The van der Waals surface area contributed by atoms with Crippen molar-refractivity contribution in [2.45, 2.75) is 32.4 Å². The van der Waals surface area contributed by atoms with Gasteiger partial charge in [0.05, 0.1) is 24.6 Å². The fraction of sp³-hybridized carbons (Fsp3) is 0.462. The number of methoxy groups -OCH3 is 1. The first-order chi connectivity index (χ1) is 8.21. The molecular formula is C13H17ClN2O. The molecule has 0 heterocycles. The molecule has 1 rings (SSSR count). The van der Waals surface area contributed by atoms with Crippen LogP contribution in [0, 0.1) is 11.3 Å². The fourth-order valence-corrected chi connectivity index (χ4v) is 1.83. The van der Waals surface area contributed by atoms with Crippen molar-refractivity contribution in [3.8, 4) is 11.8 Å². The van der Waals surface area contributed by atoms with Crippen molar-refractivity contribution in [2.75, 3.05) is 7.11 Å². The second-order valence-electron chi connectivity index (χ2n) is 3.82. The smallest absolute Gasteiger partial charge is 0.137 e. The van der Waals surface area contributed by atoms with Crippen molar-refractivity contribution in [1.82, 2.24) is 5.32 Å². The monoisotopic (exact) mass is 252 g/mol. The largest absolute Gasteiger partial charge is 0.495 e. The van der Waals surface area contributed by atoms with E-state index in [-0.39, 0.29) is 6.04 Å². The molecule has 0 aliphatic carbocycles. The van der Waals surface area contributed by atoms with Gasteiger partial charge < -0.3 is 10.1 Å². The van der Waals surface area contributed by atoms with Crippen molar-refractivity contribution >= 4 is 11.6 Å². The molecule has 0 saturated carbocycles. The zero-order chi connectivity index (χ0) is 12.7. The first-order valence-electron chi connectivity index (χ1n) is 5.64. The summed E-state index contributed by atoms with van der Waals surface area (Å²) in [5, 5.41) is 12.6. The van der Waals surface area contributed by atoms with Gasteiger partial charge in [-0.25, -0.2) is 0 Å². The van der Waals surface area contributed by atoms with Crippen LogP contribution >= 0.6 is 11.6 Å². The van der Waals surface area contributed by atoms with Crippen molar-refractivity contribution in [3.63, 3.8) is 0 Å². The molecule has 4 heteroatoms. The van der Waals surface area contributed by atoms with Crippen molar-refractivity contribution in [2.24, 2.45) is 0 Å². The first kappa shape index (κ1) is 13.8. The van der Waals surface area contributed by atoms with Crippen LogP contribution in [0.1, 0.15) is 25.3 Å². The van der Waals surface area contributed by atoms with Crippen LogP contribution in [0.4, 0.5) is 0 Å². The molecule has 3 nitrogen and oxygen atoms in total. The van der Waals surface area contributed by atoms with Gasteiger partial charge in [-0.05, 0) is 24.1 Å². The maximum Gasteiger partial charge on any atom is 0.137 e. The molecular weight excluding hydrogens is 236 g/mol. The second-order valence-corrected chi connectivity index (χ2v) is 4.22. The van der Waals surface area contributed by atoms with Crippen LogP contribution in [-0.2, 0) is 6.54 Å². The molecule has 1 aromatic carbocycles. The van der Waals surface area contributed by atoms with Gasteiger partial charge in [0.2, 0.25) is 0 Å². The Hall–Kier alpha value is -1.24. The Balaban J connectivity index is 2.57. The standard InChI is InChI=1S/C13H17ClN2O/c1-3-11(6-7-15)16-9-10-4-5-13(17-2)12(14)8-10/h4-5,8,11,16H,3,6,9H2,1-2H3. The Bertz CT molecular complexity index is 401. The van der Waals surface area contributed by atoms with E-state index in [1.165, 1.54) is 0 Å². The molecule has 92 valence electrons.